The molecule has 2 saturated heterocycles. The molecule has 2 aliphatic heterocycles. The topological polar surface area (TPSA) is 59.1 Å². The first-order chi connectivity index (χ1) is 16.9. The van der Waals surface area contributed by atoms with Crippen molar-refractivity contribution in [2.45, 2.75) is 32.1 Å². The van der Waals surface area contributed by atoms with Crippen LogP contribution in [0.4, 0.5) is 4.39 Å². The summed E-state index contributed by atoms with van der Waals surface area (Å²) in [6.07, 6.45) is 2.71. The van der Waals surface area contributed by atoms with Gasteiger partial charge in [-0.25, -0.2) is 4.39 Å². The van der Waals surface area contributed by atoms with Gasteiger partial charge in [0.05, 0.1) is 19.8 Å². The number of nitrogens with zero attached hydrogens (tertiary/aromatic N) is 2. The van der Waals surface area contributed by atoms with Gasteiger partial charge in [0.1, 0.15) is 11.6 Å². The SMILES string of the molecule is O=C(CCc1ccc(F)cc1)N1CCC(COc2cccc(Cl)c2)(CC(=O)N2CCOCC2)CC1. The van der Waals surface area contributed by atoms with Crippen LogP contribution in [0.25, 0.3) is 0 Å². The van der Waals surface area contributed by atoms with Crippen molar-refractivity contribution >= 4 is 23.4 Å². The lowest BCUT2D eigenvalue weighted by Gasteiger charge is -2.42. The van der Waals surface area contributed by atoms with Crippen LogP contribution in [0.2, 0.25) is 5.02 Å². The fraction of sp³-hybridized carbons (Fsp3) is 0.481. The molecule has 4 rings (SSSR count). The number of morpholine rings is 1. The van der Waals surface area contributed by atoms with Gasteiger partial charge in [0.2, 0.25) is 11.8 Å². The standard InChI is InChI=1S/C27H32ClFN2O4/c28-22-2-1-3-24(18-22)35-20-27(19-26(33)31-14-16-34-17-15-31)10-12-30(13-11-27)25(32)9-6-21-4-7-23(29)8-5-21/h1-5,7-8,18H,6,9-17,19-20H2. The number of hydrogen-bond donors (Lipinski definition) is 0. The fourth-order valence-corrected chi connectivity index (χ4v) is 4.88. The monoisotopic (exact) mass is 502 g/mol. The maximum absolute atomic E-state index is 13.1. The van der Waals surface area contributed by atoms with E-state index in [-0.39, 0.29) is 23.0 Å². The van der Waals surface area contributed by atoms with E-state index in [1.807, 2.05) is 21.9 Å². The van der Waals surface area contributed by atoms with Gasteiger partial charge in [0.15, 0.2) is 0 Å². The Morgan fingerprint density at radius 3 is 2.34 bits per heavy atom. The molecule has 0 unspecified atom stereocenters. The molecule has 6 nitrogen and oxygen atoms in total. The van der Waals surface area contributed by atoms with Crippen molar-refractivity contribution in [3.8, 4) is 5.75 Å². The summed E-state index contributed by atoms with van der Waals surface area (Å²) in [4.78, 5) is 29.7. The van der Waals surface area contributed by atoms with E-state index in [1.165, 1.54) is 12.1 Å². The third-order valence-electron chi connectivity index (χ3n) is 6.95. The Bertz CT molecular complexity index is 1000. The van der Waals surface area contributed by atoms with Crippen molar-refractivity contribution in [3.05, 3.63) is 64.9 Å². The molecule has 2 fully saturated rings. The Labute approximate surface area is 210 Å². The quantitative estimate of drug-likeness (QED) is 0.538. The maximum atomic E-state index is 13.1. The molecule has 35 heavy (non-hydrogen) atoms. The van der Waals surface area contributed by atoms with E-state index < -0.39 is 0 Å². The second-order valence-electron chi connectivity index (χ2n) is 9.42. The predicted molar refractivity (Wildman–Crippen MR) is 132 cm³/mol. The van der Waals surface area contributed by atoms with Crippen molar-refractivity contribution in [2.75, 3.05) is 46.0 Å². The number of carbonyl (C=O) groups excluding carboxylic acids is 2. The molecule has 0 atom stereocenters. The largest absolute Gasteiger partial charge is 0.493 e. The van der Waals surface area contributed by atoms with Crippen LogP contribution in [0.1, 0.15) is 31.2 Å². The summed E-state index contributed by atoms with van der Waals surface area (Å²) >= 11 is 6.11. The fourth-order valence-electron chi connectivity index (χ4n) is 4.70. The number of hydrogen-bond acceptors (Lipinski definition) is 4. The smallest absolute Gasteiger partial charge is 0.223 e. The van der Waals surface area contributed by atoms with Crippen molar-refractivity contribution in [2.24, 2.45) is 5.41 Å². The number of aryl methyl sites for hydroxylation is 1. The molecule has 0 saturated carbocycles. The summed E-state index contributed by atoms with van der Waals surface area (Å²) in [6, 6.07) is 13.5. The number of likely N-dealkylation sites (tertiary alicyclic amines) is 1. The molecule has 0 spiro atoms. The van der Waals surface area contributed by atoms with Gasteiger partial charge in [-0.1, -0.05) is 29.8 Å². The highest BCUT2D eigenvalue weighted by atomic mass is 35.5. The van der Waals surface area contributed by atoms with E-state index in [4.69, 9.17) is 21.1 Å². The molecule has 2 aromatic carbocycles. The molecule has 2 heterocycles. The molecule has 2 aliphatic rings. The van der Waals surface area contributed by atoms with Gasteiger partial charge in [0.25, 0.3) is 0 Å². The summed E-state index contributed by atoms with van der Waals surface area (Å²) in [5.74, 6) is 0.588. The van der Waals surface area contributed by atoms with Crippen LogP contribution < -0.4 is 4.74 Å². The van der Waals surface area contributed by atoms with Crippen LogP contribution in [-0.4, -0.2) is 67.6 Å². The zero-order chi connectivity index (χ0) is 24.7. The molecular weight excluding hydrogens is 471 g/mol. The van der Waals surface area contributed by atoms with E-state index in [9.17, 15) is 14.0 Å². The molecule has 2 amide bonds. The van der Waals surface area contributed by atoms with Crippen molar-refractivity contribution in [1.29, 1.82) is 0 Å². The zero-order valence-electron chi connectivity index (χ0n) is 19.9. The van der Waals surface area contributed by atoms with Crippen LogP contribution in [-0.2, 0) is 20.7 Å². The van der Waals surface area contributed by atoms with E-state index >= 15 is 0 Å². The summed E-state index contributed by atoms with van der Waals surface area (Å²) < 4.78 is 24.6. The zero-order valence-corrected chi connectivity index (χ0v) is 20.6. The predicted octanol–water partition coefficient (Wildman–Crippen LogP) is 4.35. The third-order valence-corrected chi connectivity index (χ3v) is 7.18. The number of amides is 2. The summed E-state index contributed by atoms with van der Waals surface area (Å²) in [7, 11) is 0. The maximum Gasteiger partial charge on any atom is 0.223 e. The summed E-state index contributed by atoms with van der Waals surface area (Å²) in [6.45, 7) is 3.90. The summed E-state index contributed by atoms with van der Waals surface area (Å²) in [5.41, 5.74) is 0.586. The first-order valence-corrected chi connectivity index (χ1v) is 12.6. The number of piperidine rings is 1. The van der Waals surface area contributed by atoms with E-state index in [0.717, 1.165) is 5.56 Å². The first-order valence-electron chi connectivity index (χ1n) is 12.2. The normalized spacial score (nSPS) is 17.8. The van der Waals surface area contributed by atoms with Crippen LogP contribution in [0.5, 0.6) is 5.75 Å². The van der Waals surface area contributed by atoms with Crippen LogP contribution >= 0.6 is 11.6 Å². The highest BCUT2D eigenvalue weighted by molar-refractivity contribution is 6.30. The average Bonchev–Trinajstić information content (AvgIpc) is 2.88. The van der Waals surface area contributed by atoms with E-state index in [1.54, 1.807) is 24.3 Å². The second kappa shape index (κ2) is 11.9. The van der Waals surface area contributed by atoms with Gasteiger partial charge in [0, 0.05) is 49.5 Å². The van der Waals surface area contributed by atoms with Gasteiger partial charge in [-0.3, -0.25) is 9.59 Å². The lowest BCUT2D eigenvalue weighted by molar-refractivity contribution is -0.141. The Morgan fingerprint density at radius 1 is 0.971 bits per heavy atom. The van der Waals surface area contributed by atoms with Crippen molar-refractivity contribution in [3.63, 3.8) is 0 Å². The Morgan fingerprint density at radius 2 is 1.66 bits per heavy atom. The van der Waals surface area contributed by atoms with E-state index in [0.29, 0.717) is 88.9 Å². The Balaban J connectivity index is 1.37. The lowest BCUT2D eigenvalue weighted by atomic mass is 9.75. The number of benzene rings is 2. The van der Waals surface area contributed by atoms with Gasteiger partial charge in [-0.2, -0.15) is 0 Å². The highest BCUT2D eigenvalue weighted by Crippen LogP contribution is 2.37. The minimum absolute atomic E-state index is 0.0817. The third kappa shape index (κ3) is 7.18. The van der Waals surface area contributed by atoms with Crippen LogP contribution in [0, 0.1) is 11.2 Å². The minimum Gasteiger partial charge on any atom is -0.493 e. The molecule has 2 aromatic rings. The van der Waals surface area contributed by atoms with Gasteiger partial charge >= 0.3 is 0 Å². The Hall–Kier alpha value is -2.64. The first kappa shape index (κ1) is 25.5. The molecule has 0 radical (unpaired) electrons. The van der Waals surface area contributed by atoms with Gasteiger partial charge in [-0.05, 0) is 55.2 Å². The molecule has 0 N–H and O–H groups in total. The molecule has 8 heteroatoms. The number of carbonyl (C=O) groups is 2. The van der Waals surface area contributed by atoms with Gasteiger partial charge < -0.3 is 19.3 Å². The van der Waals surface area contributed by atoms with Gasteiger partial charge in [-0.15, -0.1) is 0 Å². The molecular formula is C27H32ClFN2O4. The summed E-state index contributed by atoms with van der Waals surface area (Å²) in [5, 5.41) is 0.600. The highest BCUT2D eigenvalue weighted by Gasteiger charge is 2.39. The van der Waals surface area contributed by atoms with Crippen LogP contribution in [0.3, 0.4) is 0 Å². The van der Waals surface area contributed by atoms with E-state index in [2.05, 4.69) is 0 Å². The number of ether oxygens (including phenoxy) is 2. The lowest BCUT2D eigenvalue weighted by Crippen LogP contribution is -2.49. The number of rotatable bonds is 8. The average molecular weight is 503 g/mol. The molecule has 0 bridgehead atoms. The minimum atomic E-state index is -0.356. The van der Waals surface area contributed by atoms with Crippen molar-refractivity contribution < 1.29 is 23.5 Å². The number of halogens is 2. The molecule has 188 valence electrons. The van der Waals surface area contributed by atoms with Crippen LogP contribution in [0.15, 0.2) is 48.5 Å². The molecule has 0 aromatic heterocycles. The Kier molecular flexibility index (Phi) is 8.63. The van der Waals surface area contributed by atoms with Crippen molar-refractivity contribution in [1.82, 2.24) is 9.80 Å². The molecule has 0 aliphatic carbocycles. The second-order valence-corrected chi connectivity index (χ2v) is 9.86.